The molecule has 2 aliphatic rings. The second-order valence-corrected chi connectivity index (χ2v) is 12.9. The van der Waals surface area contributed by atoms with Crippen LogP contribution in [0.4, 0.5) is 13.2 Å². The number of hydrogen-bond acceptors (Lipinski definition) is 4. The molecule has 2 fully saturated rings. The molecule has 0 aliphatic heterocycles. The number of ether oxygens (including phenoxy) is 1. The Hall–Kier alpha value is -2.17. The third-order valence-electron chi connectivity index (χ3n) is 8.59. The van der Waals surface area contributed by atoms with Crippen molar-refractivity contribution in [3.05, 3.63) is 59.4 Å². The van der Waals surface area contributed by atoms with Crippen molar-refractivity contribution in [2.24, 2.45) is 16.7 Å². The number of hydrogen-bond donors (Lipinski definition) is 0. The number of benzene rings is 1. The van der Waals surface area contributed by atoms with Crippen LogP contribution in [0.25, 0.3) is 0 Å². The average Bonchev–Trinajstić information content (AvgIpc) is 3.40. The number of fused-ring (bicyclic) bond motifs is 2. The fourth-order valence-corrected chi connectivity index (χ4v) is 8.40. The van der Waals surface area contributed by atoms with Crippen molar-refractivity contribution in [1.29, 1.82) is 0 Å². The molecule has 2 aliphatic carbocycles. The molecule has 4 rings (SSSR count). The number of sulfonamides is 1. The lowest BCUT2D eigenvalue weighted by molar-refractivity contribution is -0.137. The van der Waals surface area contributed by atoms with Crippen molar-refractivity contribution in [2.45, 2.75) is 58.8 Å². The number of aromatic nitrogens is 1. The smallest absolute Gasteiger partial charge is 0.385 e. The van der Waals surface area contributed by atoms with Crippen LogP contribution >= 0.6 is 0 Å². The molecule has 37 heavy (non-hydrogen) atoms. The molecule has 2 unspecified atom stereocenters. The number of carbonyl (C=O) groups excluding carboxylic acids is 1. The van der Waals surface area contributed by atoms with Crippen LogP contribution in [-0.4, -0.2) is 49.1 Å². The van der Waals surface area contributed by atoms with Gasteiger partial charge in [0, 0.05) is 50.5 Å². The maximum absolute atomic E-state index is 13.8. The van der Waals surface area contributed by atoms with Gasteiger partial charge in [-0.1, -0.05) is 26.0 Å². The minimum absolute atomic E-state index is 0.0436. The lowest BCUT2D eigenvalue weighted by Gasteiger charge is -2.37. The van der Waals surface area contributed by atoms with Crippen LogP contribution in [0.2, 0.25) is 0 Å². The van der Waals surface area contributed by atoms with Crippen molar-refractivity contribution < 1.29 is 31.1 Å². The summed E-state index contributed by atoms with van der Waals surface area (Å²) < 4.78 is 75.5. The monoisotopic (exact) mass is 540 g/mol. The van der Waals surface area contributed by atoms with Crippen molar-refractivity contribution in [2.75, 3.05) is 26.0 Å². The van der Waals surface area contributed by atoms with E-state index in [4.69, 9.17) is 4.74 Å². The van der Waals surface area contributed by atoms with E-state index in [2.05, 4.69) is 0 Å². The van der Waals surface area contributed by atoms with Crippen LogP contribution in [0.15, 0.2) is 42.6 Å². The molecule has 6 nitrogen and oxygen atoms in total. The van der Waals surface area contributed by atoms with Crippen LogP contribution in [0.1, 0.15) is 56.4 Å². The largest absolute Gasteiger partial charge is 0.416 e. The van der Waals surface area contributed by atoms with Crippen LogP contribution in [0.3, 0.4) is 0 Å². The van der Waals surface area contributed by atoms with Gasteiger partial charge in [-0.3, -0.25) is 4.79 Å². The highest BCUT2D eigenvalue weighted by molar-refractivity contribution is 7.89. The normalized spacial score (nSPS) is 23.3. The minimum Gasteiger partial charge on any atom is -0.385 e. The second-order valence-electron chi connectivity index (χ2n) is 10.9. The highest BCUT2D eigenvalue weighted by atomic mass is 32.2. The summed E-state index contributed by atoms with van der Waals surface area (Å²) in [5.74, 6) is 0.0350. The number of carbonyl (C=O) groups is 1. The fraction of sp³-hybridized carbons (Fsp3) is 0.593. The molecule has 0 saturated heterocycles. The Morgan fingerprint density at radius 3 is 2.57 bits per heavy atom. The second kappa shape index (κ2) is 10.2. The SMILES string of the molecule is COCCCN(Cc1cccn1Cc1cccc(C(F)(F)F)c1)S(=O)(=O)CC12CCC(CC1=O)C2(C)C. The summed E-state index contributed by atoms with van der Waals surface area (Å²) >= 11 is 0. The van der Waals surface area contributed by atoms with E-state index in [0.717, 1.165) is 18.6 Å². The molecule has 2 saturated carbocycles. The van der Waals surface area contributed by atoms with Crippen LogP contribution in [0.5, 0.6) is 0 Å². The van der Waals surface area contributed by atoms with Crippen LogP contribution in [-0.2, 0) is 38.8 Å². The van der Waals surface area contributed by atoms with Gasteiger partial charge >= 0.3 is 6.18 Å². The van der Waals surface area contributed by atoms with Gasteiger partial charge in [0.15, 0.2) is 0 Å². The molecule has 1 heterocycles. The van der Waals surface area contributed by atoms with Gasteiger partial charge in [0.25, 0.3) is 0 Å². The molecular formula is C27H35F3N2O4S. The Morgan fingerprint density at radius 2 is 1.95 bits per heavy atom. The van der Waals surface area contributed by atoms with E-state index in [-0.39, 0.29) is 42.5 Å². The van der Waals surface area contributed by atoms with Crippen LogP contribution in [0, 0.1) is 16.7 Å². The molecule has 1 aromatic heterocycles. The molecule has 2 aromatic rings. The van der Waals surface area contributed by atoms with Gasteiger partial charge in [0.1, 0.15) is 5.78 Å². The molecule has 1 aromatic carbocycles. The Bertz CT molecular complexity index is 1240. The molecule has 10 heteroatoms. The molecule has 204 valence electrons. The lowest BCUT2D eigenvalue weighted by Crippen LogP contribution is -2.46. The van der Waals surface area contributed by atoms with E-state index < -0.39 is 27.2 Å². The van der Waals surface area contributed by atoms with Gasteiger partial charge in [0.2, 0.25) is 10.0 Å². The molecule has 0 spiro atoms. The molecule has 0 amide bonds. The zero-order chi connectivity index (χ0) is 27.1. The maximum atomic E-state index is 13.8. The van der Waals surface area contributed by atoms with Gasteiger partial charge in [-0.15, -0.1) is 0 Å². The van der Waals surface area contributed by atoms with E-state index in [0.29, 0.717) is 37.1 Å². The number of methoxy groups -OCH3 is 1. The van der Waals surface area contributed by atoms with Gasteiger partial charge in [-0.05, 0) is 60.4 Å². The number of rotatable bonds is 11. The molecular weight excluding hydrogens is 505 g/mol. The summed E-state index contributed by atoms with van der Waals surface area (Å²) in [6, 6.07) is 8.67. The highest BCUT2D eigenvalue weighted by Crippen LogP contribution is 2.64. The van der Waals surface area contributed by atoms with Crippen molar-refractivity contribution in [3.8, 4) is 0 Å². The number of nitrogens with zero attached hydrogens (tertiary/aromatic N) is 2. The van der Waals surface area contributed by atoms with Crippen LogP contribution < -0.4 is 0 Å². The van der Waals surface area contributed by atoms with E-state index >= 15 is 0 Å². The lowest BCUT2D eigenvalue weighted by atomic mass is 9.70. The maximum Gasteiger partial charge on any atom is 0.416 e. The third-order valence-corrected chi connectivity index (χ3v) is 10.5. The van der Waals surface area contributed by atoms with E-state index in [9.17, 15) is 26.4 Å². The highest BCUT2D eigenvalue weighted by Gasteiger charge is 2.65. The van der Waals surface area contributed by atoms with Gasteiger partial charge in [-0.2, -0.15) is 17.5 Å². The zero-order valence-corrected chi connectivity index (χ0v) is 22.4. The van der Waals surface area contributed by atoms with Gasteiger partial charge in [0.05, 0.1) is 17.9 Å². The molecule has 2 bridgehead atoms. The first kappa shape index (κ1) is 27.9. The summed E-state index contributed by atoms with van der Waals surface area (Å²) in [5, 5.41) is 0. The van der Waals surface area contributed by atoms with Crippen molar-refractivity contribution in [1.82, 2.24) is 8.87 Å². The summed E-state index contributed by atoms with van der Waals surface area (Å²) in [6.07, 6.45) is -0.341. The van der Waals surface area contributed by atoms with E-state index in [1.54, 1.807) is 36.1 Å². The quantitative estimate of drug-likeness (QED) is 0.371. The molecule has 0 radical (unpaired) electrons. The average molecular weight is 541 g/mol. The fourth-order valence-electron chi connectivity index (χ4n) is 6.18. The Kier molecular flexibility index (Phi) is 7.67. The standard InChI is InChI=1S/C27H35F3N2O4S/c1-25(2)21-10-11-26(25,24(33)16-21)19-37(34,35)32(13-6-14-36-3)18-23-9-5-12-31(23)17-20-7-4-8-22(15-20)27(28,29)30/h4-5,7-9,12,15,21H,6,10-11,13-14,16-19H2,1-3H3. The van der Waals surface area contributed by atoms with Crippen molar-refractivity contribution in [3.63, 3.8) is 0 Å². The molecule has 2 atom stereocenters. The number of Topliss-reactive ketones (excluding diaryl/α,β-unsaturated/α-hetero) is 1. The van der Waals surface area contributed by atoms with Gasteiger partial charge in [-0.25, -0.2) is 8.42 Å². The minimum atomic E-state index is -4.44. The predicted molar refractivity (Wildman–Crippen MR) is 134 cm³/mol. The summed E-state index contributed by atoms with van der Waals surface area (Å²) in [7, 11) is -2.28. The number of ketones is 1. The summed E-state index contributed by atoms with van der Waals surface area (Å²) in [5.41, 5.74) is -0.845. The summed E-state index contributed by atoms with van der Waals surface area (Å²) in [4.78, 5) is 13.0. The number of halogens is 3. The number of alkyl halides is 3. The first-order valence-corrected chi connectivity index (χ1v) is 14.2. The topological polar surface area (TPSA) is 68.6 Å². The molecule has 0 N–H and O–H groups in total. The first-order chi connectivity index (χ1) is 17.3. The van der Waals surface area contributed by atoms with E-state index in [1.165, 1.54) is 10.4 Å². The first-order valence-electron chi connectivity index (χ1n) is 12.6. The van der Waals surface area contributed by atoms with Gasteiger partial charge < -0.3 is 9.30 Å². The third kappa shape index (κ3) is 5.38. The van der Waals surface area contributed by atoms with Crippen molar-refractivity contribution >= 4 is 15.8 Å². The predicted octanol–water partition coefficient (Wildman–Crippen LogP) is 5.12. The Balaban J connectivity index is 1.58. The zero-order valence-electron chi connectivity index (χ0n) is 21.6. The summed E-state index contributed by atoms with van der Waals surface area (Å²) in [6.45, 7) is 4.87. The Labute approximate surface area is 216 Å². The van der Waals surface area contributed by atoms with E-state index in [1.807, 2.05) is 13.8 Å². The Morgan fingerprint density at radius 1 is 1.19 bits per heavy atom.